The second kappa shape index (κ2) is 11.1. The molecule has 4 rings (SSSR count). The Morgan fingerprint density at radius 3 is 2.50 bits per heavy atom. The van der Waals surface area contributed by atoms with Crippen molar-refractivity contribution < 1.29 is 14.3 Å². The summed E-state index contributed by atoms with van der Waals surface area (Å²) in [5.41, 5.74) is 2.39. The fourth-order valence-corrected chi connectivity index (χ4v) is 5.93. The zero-order valence-corrected chi connectivity index (χ0v) is 23.4. The maximum atomic E-state index is 13.2. The summed E-state index contributed by atoms with van der Waals surface area (Å²) in [4.78, 5) is 17.4. The molecule has 1 aliphatic heterocycles. The zero-order chi connectivity index (χ0) is 27.5. The van der Waals surface area contributed by atoms with Gasteiger partial charge in [0.15, 0.2) is 5.78 Å². The average molecular weight is 532 g/mol. The van der Waals surface area contributed by atoms with Crippen LogP contribution in [0.25, 0.3) is 11.1 Å². The largest absolute Gasteiger partial charge is 0.478 e. The molecule has 1 aromatic heterocycles. The van der Waals surface area contributed by atoms with Gasteiger partial charge in [0.2, 0.25) is 5.88 Å². The molecule has 38 heavy (non-hydrogen) atoms. The van der Waals surface area contributed by atoms with Crippen LogP contribution in [0.1, 0.15) is 69.8 Å². The van der Waals surface area contributed by atoms with E-state index in [0.717, 1.165) is 18.4 Å². The summed E-state index contributed by atoms with van der Waals surface area (Å²) in [5.74, 6) is 1.60. The number of hydrogen-bond acceptors (Lipinski definition) is 6. The number of pyridine rings is 1. The molecule has 1 N–H and O–H groups in total. The van der Waals surface area contributed by atoms with Gasteiger partial charge in [0.25, 0.3) is 0 Å². The molecular formula is C31H34ClN3O3. The number of nitriles is 1. The first kappa shape index (κ1) is 27.6. The monoisotopic (exact) mass is 531 g/mol. The Morgan fingerprint density at radius 2 is 1.84 bits per heavy atom. The molecule has 0 aliphatic carbocycles. The van der Waals surface area contributed by atoms with E-state index in [1.807, 2.05) is 25.1 Å². The smallest absolute Gasteiger partial charge is 0.213 e. The summed E-state index contributed by atoms with van der Waals surface area (Å²) < 4.78 is 11.6. The summed E-state index contributed by atoms with van der Waals surface area (Å²) in [6.07, 6.45) is 4.00. The van der Waals surface area contributed by atoms with Gasteiger partial charge < -0.3 is 14.8 Å². The third-order valence-electron chi connectivity index (χ3n) is 6.70. The third-order valence-corrected chi connectivity index (χ3v) is 6.99. The first-order valence-corrected chi connectivity index (χ1v) is 13.3. The number of nitrogens with one attached hydrogen (secondary N) is 1. The molecule has 0 radical (unpaired) electrons. The van der Waals surface area contributed by atoms with Gasteiger partial charge in [-0.05, 0) is 89.3 Å². The Kier molecular flexibility index (Phi) is 8.10. The van der Waals surface area contributed by atoms with Crippen molar-refractivity contribution in [3.63, 3.8) is 0 Å². The van der Waals surface area contributed by atoms with Crippen molar-refractivity contribution in [1.29, 1.82) is 5.26 Å². The summed E-state index contributed by atoms with van der Waals surface area (Å²) in [7, 11) is 0. The fraction of sp³-hybridized carbons (Fsp3) is 0.387. The first-order valence-electron chi connectivity index (χ1n) is 12.9. The van der Waals surface area contributed by atoms with Crippen LogP contribution in [0.5, 0.6) is 17.4 Å². The minimum absolute atomic E-state index is 0.0180. The predicted octanol–water partition coefficient (Wildman–Crippen LogP) is 7.59. The maximum Gasteiger partial charge on any atom is 0.213 e. The van der Waals surface area contributed by atoms with E-state index in [0.29, 0.717) is 58.0 Å². The number of aromatic nitrogens is 1. The van der Waals surface area contributed by atoms with Crippen molar-refractivity contribution in [1.82, 2.24) is 10.3 Å². The Bertz CT molecular complexity index is 1360. The molecule has 0 amide bonds. The van der Waals surface area contributed by atoms with Crippen LogP contribution in [0.3, 0.4) is 0 Å². The van der Waals surface area contributed by atoms with Gasteiger partial charge in [-0.2, -0.15) is 5.26 Å². The number of Topliss-reactive ketones (excluding diaryl/α,β-unsaturated/α-hetero) is 1. The van der Waals surface area contributed by atoms with Crippen molar-refractivity contribution in [2.45, 2.75) is 65.0 Å². The van der Waals surface area contributed by atoms with Crippen LogP contribution < -0.4 is 14.8 Å². The zero-order valence-electron chi connectivity index (χ0n) is 22.6. The lowest BCUT2D eigenvalue weighted by Crippen LogP contribution is -2.57. The SMILES string of the molecule is CCOc1cc(-c2cccc(Oc3ccc(C(=O)CC4CC(C)(C)NC(C)(C)C4)cc3Cl)c2C#N)ccn1. The van der Waals surface area contributed by atoms with Crippen LogP contribution in [0, 0.1) is 17.2 Å². The lowest BCUT2D eigenvalue weighted by molar-refractivity contribution is 0.0864. The number of hydrogen-bond donors (Lipinski definition) is 1. The highest BCUT2D eigenvalue weighted by atomic mass is 35.5. The molecule has 7 heteroatoms. The average Bonchev–Trinajstić information content (AvgIpc) is 2.83. The minimum atomic E-state index is -0.0180. The second-order valence-electron chi connectivity index (χ2n) is 11.1. The molecule has 0 unspecified atom stereocenters. The minimum Gasteiger partial charge on any atom is -0.478 e. The van der Waals surface area contributed by atoms with E-state index >= 15 is 0 Å². The molecule has 0 bridgehead atoms. The van der Waals surface area contributed by atoms with Gasteiger partial charge in [-0.3, -0.25) is 4.79 Å². The number of ketones is 1. The number of carbonyl (C=O) groups is 1. The van der Waals surface area contributed by atoms with Crippen LogP contribution in [-0.4, -0.2) is 28.5 Å². The van der Waals surface area contributed by atoms with E-state index in [9.17, 15) is 10.1 Å². The van der Waals surface area contributed by atoms with Gasteiger partial charge in [-0.15, -0.1) is 0 Å². The van der Waals surface area contributed by atoms with Gasteiger partial charge in [0.1, 0.15) is 23.1 Å². The molecule has 0 saturated carbocycles. The van der Waals surface area contributed by atoms with Crippen molar-refractivity contribution in [3.8, 4) is 34.6 Å². The van der Waals surface area contributed by atoms with Gasteiger partial charge >= 0.3 is 0 Å². The van der Waals surface area contributed by atoms with E-state index in [1.54, 1.807) is 36.5 Å². The Balaban J connectivity index is 1.54. The van der Waals surface area contributed by atoms with E-state index in [4.69, 9.17) is 21.1 Å². The highest BCUT2D eigenvalue weighted by molar-refractivity contribution is 6.32. The van der Waals surface area contributed by atoms with Gasteiger partial charge in [0.05, 0.1) is 11.6 Å². The molecule has 198 valence electrons. The Morgan fingerprint density at radius 1 is 1.11 bits per heavy atom. The normalized spacial score (nSPS) is 16.4. The van der Waals surface area contributed by atoms with Crippen molar-refractivity contribution in [2.75, 3.05) is 6.61 Å². The Hall–Kier alpha value is -3.40. The van der Waals surface area contributed by atoms with E-state index < -0.39 is 0 Å². The van der Waals surface area contributed by atoms with Crippen LogP contribution in [0.4, 0.5) is 0 Å². The summed E-state index contributed by atoms with van der Waals surface area (Å²) in [6, 6.07) is 16.4. The van der Waals surface area contributed by atoms with Crippen LogP contribution in [-0.2, 0) is 0 Å². The van der Waals surface area contributed by atoms with Crippen LogP contribution in [0.2, 0.25) is 5.02 Å². The van der Waals surface area contributed by atoms with Gasteiger partial charge in [0, 0.05) is 40.9 Å². The van der Waals surface area contributed by atoms with Crippen LogP contribution >= 0.6 is 11.6 Å². The highest BCUT2D eigenvalue weighted by Gasteiger charge is 2.38. The molecule has 0 spiro atoms. The summed E-state index contributed by atoms with van der Waals surface area (Å²) >= 11 is 6.57. The molecular weight excluding hydrogens is 498 g/mol. The molecule has 1 fully saturated rings. The standard InChI is InChI=1S/C31H34ClN3O3/c1-6-37-29-16-21(12-13-34-29)23-8-7-9-27(24(23)19-33)38-28-11-10-22(15-25(28)32)26(36)14-20-17-30(2,3)35-31(4,5)18-20/h7-13,15-16,20,35H,6,14,17-18H2,1-5H3. The lowest BCUT2D eigenvalue weighted by atomic mass is 9.74. The fourth-order valence-electron chi connectivity index (χ4n) is 5.71. The van der Waals surface area contributed by atoms with E-state index in [2.05, 4.69) is 44.1 Å². The first-order chi connectivity index (χ1) is 18.0. The molecule has 2 heterocycles. The van der Waals surface area contributed by atoms with Gasteiger partial charge in [-0.25, -0.2) is 4.98 Å². The predicted molar refractivity (Wildman–Crippen MR) is 150 cm³/mol. The Labute approximate surface area is 230 Å². The molecule has 6 nitrogen and oxygen atoms in total. The number of carbonyl (C=O) groups excluding carboxylic acids is 1. The van der Waals surface area contributed by atoms with Crippen molar-refractivity contribution >= 4 is 17.4 Å². The number of nitrogens with zero attached hydrogens (tertiary/aromatic N) is 2. The lowest BCUT2D eigenvalue weighted by Gasteiger charge is -2.46. The molecule has 2 aromatic carbocycles. The number of ether oxygens (including phenoxy) is 2. The van der Waals surface area contributed by atoms with Crippen LogP contribution in [0.15, 0.2) is 54.7 Å². The van der Waals surface area contributed by atoms with Crippen molar-refractivity contribution in [2.24, 2.45) is 5.92 Å². The number of halogens is 1. The topological polar surface area (TPSA) is 84.2 Å². The molecule has 1 saturated heterocycles. The quantitative estimate of drug-likeness (QED) is 0.301. The number of benzene rings is 2. The third kappa shape index (κ3) is 6.53. The van der Waals surface area contributed by atoms with Gasteiger partial charge in [-0.1, -0.05) is 23.7 Å². The molecule has 1 aliphatic rings. The molecule has 3 aromatic rings. The summed E-state index contributed by atoms with van der Waals surface area (Å²) in [5, 5.41) is 14.0. The summed E-state index contributed by atoms with van der Waals surface area (Å²) in [6.45, 7) is 11.1. The van der Waals surface area contributed by atoms with Crippen molar-refractivity contribution in [3.05, 3.63) is 70.9 Å². The van der Waals surface area contributed by atoms with E-state index in [-0.39, 0.29) is 16.9 Å². The number of rotatable bonds is 8. The number of piperidine rings is 1. The maximum absolute atomic E-state index is 13.2. The van der Waals surface area contributed by atoms with E-state index in [1.165, 1.54) is 0 Å². The molecule has 0 atom stereocenters. The highest BCUT2D eigenvalue weighted by Crippen LogP contribution is 2.38. The second-order valence-corrected chi connectivity index (χ2v) is 11.6.